The molecule has 1 N–H and O–H groups in total. The minimum atomic E-state index is -0.274. The molecule has 2 bridgehead atoms. The molecule has 0 radical (unpaired) electrons. The average Bonchev–Trinajstić information content (AvgIpc) is 3.95. The Morgan fingerprint density at radius 3 is 2.47 bits per heavy atom. The van der Waals surface area contributed by atoms with Crippen molar-refractivity contribution in [3.05, 3.63) is 66.6 Å². The minimum Gasteiger partial charge on any atom is -0.487 e. The molecule has 4 aromatic heterocycles. The zero-order valence-electron chi connectivity index (χ0n) is 28.7. The van der Waals surface area contributed by atoms with E-state index in [0.717, 1.165) is 55.7 Å². The summed E-state index contributed by atoms with van der Waals surface area (Å²) in [6, 6.07) is 11.6. The van der Waals surface area contributed by atoms with Crippen LogP contribution >= 0.6 is 0 Å². The molecule has 5 aromatic rings. The van der Waals surface area contributed by atoms with Crippen LogP contribution in [0.25, 0.3) is 11.1 Å². The van der Waals surface area contributed by atoms with Crippen molar-refractivity contribution in [2.24, 2.45) is 7.05 Å². The number of nitrogens with one attached hydrogen (secondary N) is 1. The maximum absolute atomic E-state index is 9.70. The zero-order valence-corrected chi connectivity index (χ0v) is 28.7. The predicted octanol–water partition coefficient (Wildman–Crippen LogP) is 4.07. The molecule has 3 fully saturated rings. The summed E-state index contributed by atoms with van der Waals surface area (Å²) in [4.78, 5) is 12.0. The van der Waals surface area contributed by atoms with Crippen LogP contribution in [0, 0.1) is 11.3 Å². The second kappa shape index (κ2) is 14.4. The maximum atomic E-state index is 9.70. The number of benzene rings is 1. The highest BCUT2D eigenvalue weighted by atomic mass is 16.5. The van der Waals surface area contributed by atoms with Gasteiger partial charge in [-0.3, -0.25) is 14.3 Å². The van der Waals surface area contributed by atoms with Gasteiger partial charge in [-0.2, -0.15) is 10.4 Å². The van der Waals surface area contributed by atoms with Crippen LogP contribution < -0.4 is 14.8 Å². The molecule has 0 spiro atoms. The molecule has 2 aliphatic heterocycles. The fourth-order valence-electron chi connectivity index (χ4n) is 7.65. The van der Waals surface area contributed by atoms with Gasteiger partial charge in [0.1, 0.15) is 36.5 Å². The summed E-state index contributed by atoms with van der Waals surface area (Å²) >= 11 is 0. The molecule has 51 heavy (non-hydrogen) atoms. The van der Waals surface area contributed by atoms with E-state index in [2.05, 4.69) is 51.6 Å². The van der Waals surface area contributed by atoms with E-state index >= 15 is 0 Å². The summed E-state index contributed by atoms with van der Waals surface area (Å²) in [7, 11) is 1.89. The molecule has 264 valence electrons. The minimum absolute atomic E-state index is 0.274. The maximum Gasteiger partial charge on any atom is 0.257 e. The molecule has 0 unspecified atom stereocenters. The first kappa shape index (κ1) is 32.8. The van der Waals surface area contributed by atoms with E-state index in [-0.39, 0.29) is 12.1 Å². The topological polar surface area (TPSA) is 172 Å². The highest BCUT2D eigenvalue weighted by molar-refractivity contribution is 5.67. The van der Waals surface area contributed by atoms with Gasteiger partial charge in [0.15, 0.2) is 0 Å². The third-order valence-corrected chi connectivity index (χ3v) is 10.2. The number of ether oxygens (including phenoxy) is 3. The number of morpholine rings is 1. The van der Waals surface area contributed by atoms with Gasteiger partial charge in [0.2, 0.25) is 5.95 Å². The summed E-state index contributed by atoms with van der Waals surface area (Å²) in [5.74, 6) is 1.36. The Balaban J connectivity index is 0.969. The van der Waals surface area contributed by atoms with Crippen molar-refractivity contribution in [3.8, 4) is 28.8 Å². The molecule has 8 rings (SSSR count). The Kier molecular flexibility index (Phi) is 9.29. The average molecular weight is 692 g/mol. The van der Waals surface area contributed by atoms with Crippen LogP contribution in [0.15, 0.2) is 55.4 Å². The molecule has 16 nitrogen and oxygen atoms in total. The Hall–Kier alpha value is -5.40. The van der Waals surface area contributed by atoms with Crippen molar-refractivity contribution in [2.75, 3.05) is 18.5 Å². The van der Waals surface area contributed by atoms with E-state index in [4.69, 9.17) is 19.3 Å². The van der Waals surface area contributed by atoms with E-state index < -0.39 is 0 Å². The fourth-order valence-corrected chi connectivity index (χ4v) is 7.65. The largest absolute Gasteiger partial charge is 0.487 e. The first-order valence-electron chi connectivity index (χ1n) is 17.6. The molecule has 2 saturated heterocycles. The lowest BCUT2D eigenvalue weighted by molar-refractivity contribution is -0.0458. The zero-order chi connectivity index (χ0) is 34.7. The third-order valence-electron chi connectivity index (χ3n) is 10.2. The number of hydrogen-bond donors (Lipinski definition) is 1. The number of aromatic nitrogens is 10. The molecule has 16 heteroatoms. The van der Waals surface area contributed by atoms with E-state index in [0.29, 0.717) is 60.1 Å². The Morgan fingerprint density at radius 2 is 1.76 bits per heavy atom. The molecular weight excluding hydrogens is 650 g/mol. The monoisotopic (exact) mass is 691 g/mol. The van der Waals surface area contributed by atoms with Crippen LogP contribution in [-0.4, -0.2) is 92.1 Å². The number of fused-ring (bicyclic) bond motifs is 2. The van der Waals surface area contributed by atoms with E-state index in [1.807, 2.05) is 38.4 Å². The highest BCUT2D eigenvalue weighted by Gasteiger charge is 2.42. The SMILES string of the molecule is C[C@@H](Cn1cnnn1)Oc1cc(-c2cnc(Nc3cn([C@H]4CC[C@H](N5[C@@H]6CC[C@H]5COC6)CC4)nc3OCc3ccnn3C)nc2)ccc1C#N. The smallest absolute Gasteiger partial charge is 0.257 e. The molecule has 3 atom stereocenters. The number of nitrogens with zero attached hydrogens (tertiary/aromatic N) is 12. The molecule has 1 aliphatic carbocycles. The Labute approximate surface area is 295 Å². The van der Waals surface area contributed by atoms with Crippen molar-refractivity contribution in [2.45, 2.75) is 88.9 Å². The van der Waals surface area contributed by atoms with Crippen LogP contribution in [0.4, 0.5) is 11.6 Å². The van der Waals surface area contributed by atoms with Crippen molar-refractivity contribution < 1.29 is 14.2 Å². The van der Waals surface area contributed by atoms with Gasteiger partial charge in [0, 0.05) is 49.3 Å². The van der Waals surface area contributed by atoms with E-state index in [1.165, 1.54) is 19.2 Å². The standard InChI is InChI=1S/C35H41N13O3/c1-23(17-46-22-39-43-44-46)51-33-13-24(3-4-25(33)14-36)26-15-37-35(38-16-26)41-32-18-47(42-34(32)50-21-29-11-12-40-45(29)2)27-5-7-28(8-6-27)48-30-9-10-31(48)20-49-19-30/h3-4,11-13,15-16,18,22-23,27-28,30-31H,5-10,17,19-21H2,1-2H3,(H,37,38,41)/t23-,27-,28-,30-,31+/m0/s1. The molecule has 1 saturated carbocycles. The number of nitriles is 1. The number of rotatable bonds is 12. The van der Waals surface area contributed by atoms with E-state index in [1.54, 1.807) is 34.0 Å². The summed E-state index contributed by atoms with van der Waals surface area (Å²) in [5.41, 5.74) is 3.66. The second-order valence-corrected chi connectivity index (χ2v) is 13.6. The highest BCUT2D eigenvalue weighted by Crippen LogP contribution is 2.39. The van der Waals surface area contributed by atoms with E-state index in [9.17, 15) is 5.26 Å². The summed E-state index contributed by atoms with van der Waals surface area (Å²) in [6.07, 6.45) is 15.4. The third kappa shape index (κ3) is 7.12. The lowest BCUT2D eigenvalue weighted by atomic mass is 9.89. The quantitative estimate of drug-likeness (QED) is 0.199. The summed E-state index contributed by atoms with van der Waals surface area (Å²) in [6.45, 7) is 4.40. The number of tetrazole rings is 1. The van der Waals surface area contributed by atoms with Crippen LogP contribution in [0.2, 0.25) is 0 Å². The summed E-state index contributed by atoms with van der Waals surface area (Å²) < 4.78 is 23.7. The molecule has 0 amide bonds. The van der Waals surface area contributed by atoms with Gasteiger partial charge in [-0.25, -0.2) is 14.6 Å². The number of hydrogen-bond acceptors (Lipinski definition) is 13. The molecule has 3 aliphatic rings. The first-order valence-corrected chi connectivity index (χ1v) is 17.6. The van der Waals surface area contributed by atoms with Gasteiger partial charge in [0.05, 0.1) is 43.3 Å². The van der Waals surface area contributed by atoms with Gasteiger partial charge in [-0.15, -0.1) is 10.2 Å². The van der Waals surface area contributed by atoms with Crippen LogP contribution in [-0.2, 0) is 24.9 Å². The van der Waals surface area contributed by atoms with Crippen LogP contribution in [0.1, 0.15) is 62.7 Å². The van der Waals surface area contributed by atoms with Crippen molar-refractivity contribution in [3.63, 3.8) is 0 Å². The normalized spacial score (nSPS) is 22.4. The first-order chi connectivity index (χ1) is 25.0. The van der Waals surface area contributed by atoms with Gasteiger partial charge in [0.25, 0.3) is 5.88 Å². The van der Waals surface area contributed by atoms with Gasteiger partial charge < -0.3 is 19.5 Å². The Bertz CT molecular complexity index is 1940. The predicted molar refractivity (Wildman–Crippen MR) is 184 cm³/mol. The Morgan fingerprint density at radius 1 is 1.00 bits per heavy atom. The van der Waals surface area contributed by atoms with Crippen molar-refractivity contribution >= 4 is 11.6 Å². The fraction of sp³-hybridized carbons (Fsp3) is 0.486. The van der Waals surface area contributed by atoms with Gasteiger partial charge in [-0.05, 0) is 79.6 Å². The van der Waals surface area contributed by atoms with Crippen molar-refractivity contribution in [1.29, 1.82) is 5.26 Å². The molecular formula is C35H41N13O3. The van der Waals surface area contributed by atoms with Gasteiger partial charge in [-0.1, -0.05) is 6.07 Å². The number of anilines is 2. The second-order valence-electron chi connectivity index (χ2n) is 13.6. The summed E-state index contributed by atoms with van der Waals surface area (Å²) in [5, 5.41) is 33.5. The van der Waals surface area contributed by atoms with Crippen LogP contribution in [0.3, 0.4) is 0 Å². The molecule has 6 heterocycles. The van der Waals surface area contributed by atoms with Gasteiger partial charge >= 0.3 is 0 Å². The van der Waals surface area contributed by atoms with Crippen LogP contribution in [0.5, 0.6) is 11.6 Å². The number of aryl methyl sites for hydroxylation is 1. The lowest BCUT2D eigenvalue weighted by Crippen LogP contribution is -2.52. The molecule has 1 aromatic carbocycles. The lowest BCUT2D eigenvalue weighted by Gasteiger charge is -2.43. The van der Waals surface area contributed by atoms with Crippen molar-refractivity contribution in [1.82, 2.24) is 54.6 Å².